The van der Waals surface area contributed by atoms with Gasteiger partial charge in [0.05, 0.1) is 17.8 Å². The number of aromatic nitrogens is 2. The van der Waals surface area contributed by atoms with Gasteiger partial charge in [0, 0.05) is 30.3 Å². The summed E-state index contributed by atoms with van der Waals surface area (Å²) in [5.74, 6) is -0.243. The number of benzene rings is 1. The van der Waals surface area contributed by atoms with Crippen LogP contribution in [0.5, 0.6) is 0 Å². The van der Waals surface area contributed by atoms with Crippen molar-refractivity contribution in [2.24, 2.45) is 0 Å². The molecule has 3 aromatic rings. The minimum absolute atomic E-state index is 0.0189. The highest BCUT2D eigenvalue weighted by Gasteiger charge is 2.40. The highest BCUT2D eigenvalue weighted by atomic mass is 32.1. The zero-order chi connectivity index (χ0) is 21.1. The molecule has 0 amide bonds. The summed E-state index contributed by atoms with van der Waals surface area (Å²) in [5, 5.41) is 4.23. The number of nitrogens with zero attached hydrogens (tertiary/aromatic N) is 4. The highest BCUT2D eigenvalue weighted by Crippen LogP contribution is 2.39. The summed E-state index contributed by atoms with van der Waals surface area (Å²) in [6.45, 7) is 1.83. The SMILES string of the molecule is CN(C)CCCN1C(=S)N[C@H](c2ccccn2)[C@@H]1c1cccn1-c1ccc(F)cc1. The molecule has 5 nitrogen and oxygen atoms in total. The van der Waals surface area contributed by atoms with Crippen molar-refractivity contribution in [3.63, 3.8) is 0 Å². The predicted molar refractivity (Wildman–Crippen MR) is 121 cm³/mol. The first kappa shape index (κ1) is 20.5. The summed E-state index contributed by atoms with van der Waals surface area (Å²) >= 11 is 5.74. The molecular weight excluding hydrogens is 397 g/mol. The van der Waals surface area contributed by atoms with E-state index in [1.165, 1.54) is 12.1 Å². The molecule has 4 rings (SSSR count). The van der Waals surface area contributed by atoms with Gasteiger partial charge in [0.15, 0.2) is 5.11 Å². The molecule has 7 heteroatoms. The lowest BCUT2D eigenvalue weighted by atomic mass is 10.0. The molecule has 0 saturated carbocycles. The Morgan fingerprint density at radius 3 is 2.60 bits per heavy atom. The maximum Gasteiger partial charge on any atom is 0.170 e. The lowest BCUT2D eigenvalue weighted by Gasteiger charge is -2.29. The van der Waals surface area contributed by atoms with E-state index in [1.54, 1.807) is 12.1 Å². The van der Waals surface area contributed by atoms with Crippen molar-refractivity contribution in [2.45, 2.75) is 18.5 Å². The van der Waals surface area contributed by atoms with Gasteiger partial charge in [-0.25, -0.2) is 4.39 Å². The molecule has 1 aromatic carbocycles. The summed E-state index contributed by atoms with van der Waals surface area (Å²) in [5.41, 5.74) is 2.96. The Labute approximate surface area is 182 Å². The molecule has 1 N–H and O–H groups in total. The van der Waals surface area contributed by atoms with Crippen LogP contribution in [0.25, 0.3) is 5.69 Å². The Hall–Kier alpha value is -2.77. The number of pyridine rings is 1. The van der Waals surface area contributed by atoms with Crippen LogP contribution in [0, 0.1) is 5.82 Å². The van der Waals surface area contributed by atoms with Gasteiger partial charge in [-0.3, -0.25) is 4.98 Å². The first-order chi connectivity index (χ1) is 14.5. The van der Waals surface area contributed by atoms with Crippen molar-refractivity contribution >= 4 is 17.3 Å². The minimum atomic E-state index is -0.243. The van der Waals surface area contributed by atoms with Crippen LogP contribution in [0.3, 0.4) is 0 Å². The van der Waals surface area contributed by atoms with E-state index < -0.39 is 0 Å². The van der Waals surface area contributed by atoms with Crippen LogP contribution in [0.4, 0.5) is 4.39 Å². The molecule has 0 aliphatic carbocycles. The van der Waals surface area contributed by atoms with Crippen LogP contribution in [-0.2, 0) is 0 Å². The zero-order valence-electron chi connectivity index (χ0n) is 17.2. The highest BCUT2D eigenvalue weighted by molar-refractivity contribution is 7.80. The number of halogens is 1. The van der Waals surface area contributed by atoms with Gasteiger partial charge >= 0.3 is 0 Å². The van der Waals surface area contributed by atoms with Gasteiger partial charge in [0.1, 0.15) is 5.82 Å². The van der Waals surface area contributed by atoms with Gasteiger partial charge < -0.3 is 19.7 Å². The van der Waals surface area contributed by atoms with E-state index in [4.69, 9.17) is 12.2 Å². The van der Waals surface area contributed by atoms with E-state index in [0.29, 0.717) is 0 Å². The molecule has 0 unspecified atom stereocenters. The fraction of sp³-hybridized carbons (Fsp3) is 0.304. The lowest BCUT2D eigenvalue weighted by molar-refractivity contribution is 0.286. The number of rotatable bonds is 7. The van der Waals surface area contributed by atoms with Crippen molar-refractivity contribution in [3.05, 3.63) is 84.2 Å². The summed E-state index contributed by atoms with van der Waals surface area (Å²) in [4.78, 5) is 9.03. The third kappa shape index (κ3) is 4.22. The van der Waals surface area contributed by atoms with Gasteiger partial charge in [0.2, 0.25) is 0 Å². The van der Waals surface area contributed by atoms with Crippen LogP contribution in [0.2, 0.25) is 0 Å². The monoisotopic (exact) mass is 423 g/mol. The number of nitrogens with one attached hydrogen (secondary N) is 1. The maximum atomic E-state index is 13.5. The van der Waals surface area contributed by atoms with Gasteiger partial charge in [-0.1, -0.05) is 6.07 Å². The third-order valence-corrected chi connectivity index (χ3v) is 5.74. The van der Waals surface area contributed by atoms with Gasteiger partial charge in [-0.2, -0.15) is 0 Å². The quantitative estimate of drug-likeness (QED) is 0.583. The second kappa shape index (κ2) is 8.93. The van der Waals surface area contributed by atoms with E-state index in [1.807, 2.05) is 36.7 Å². The topological polar surface area (TPSA) is 36.3 Å². The first-order valence-corrected chi connectivity index (χ1v) is 10.5. The second-order valence-electron chi connectivity index (χ2n) is 7.76. The standard InChI is InChI=1S/C23H26FN5S/c1-27(2)14-6-16-29-22(21(26-23(29)30)19-7-3-4-13-25-19)20-8-5-15-28(20)18-11-9-17(24)10-12-18/h3-5,7-13,15,21-22H,6,14,16H2,1-2H3,(H,26,30)/t21-,22+/m1/s1. The fourth-order valence-electron chi connectivity index (χ4n) is 4.00. The molecule has 30 heavy (non-hydrogen) atoms. The molecule has 0 bridgehead atoms. The van der Waals surface area contributed by atoms with E-state index in [0.717, 1.165) is 41.7 Å². The second-order valence-corrected chi connectivity index (χ2v) is 8.14. The van der Waals surface area contributed by atoms with Gasteiger partial charge in [-0.05, 0) is 87.8 Å². The van der Waals surface area contributed by atoms with Gasteiger partial charge in [0.25, 0.3) is 0 Å². The zero-order valence-corrected chi connectivity index (χ0v) is 18.0. The van der Waals surface area contributed by atoms with Crippen molar-refractivity contribution in [2.75, 3.05) is 27.2 Å². The predicted octanol–water partition coefficient (Wildman–Crippen LogP) is 3.94. The molecule has 1 fully saturated rings. The average molecular weight is 424 g/mol. The molecule has 3 heterocycles. The van der Waals surface area contributed by atoms with E-state index in [-0.39, 0.29) is 17.9 Å². The normalized spacial score (nSPS) is 18.8. The molecule has 1 aliphatic rings. The summed E-state index contributed by atoms with van der Waals surface area (Å²) in [6, 6.07) is 16.6. The van der Waals surface area contributed by atoms with E-state index >= 15 is 0 Å². The Kier molecular flexibility index (Phi) is 6.11. The number of thiocarbonyl (C=S) groups is 1. The Morgan fingerprint density at radius 1 is 1.10 bits per heavy atom. The molecule has 1 aliphatic heterocycles. The van der Waals surface area contributed by atoms with Crippen LogP contribution in [0.15, 0.2) is 67.0 Å². The number of hydrogen-bond donors (Lipinski definition) is 1. The minimum Gasteiger partial charge on any atom is -0.352 e. The summed E-state index contributed by atoms with van der Waals surface area (Å²) in [7, 11) is 4.16. The van der Waals surface area contributed by atoms with Crippen molar-refractivity contribution in [1.82, 2.24) is 24.7 Å². The largest absolute Gasteiger partial charge is 0.352 e. The van der Waals surface area contributed by atoms with Crippen molar-refractivity contribution in [1.29, 1.82) is 0 Å². The number of hydrogen-bond acceptors (Lipinski definition) is 3. The van der Waals surface area contributed by atoms with E-state index in [2.05, 4.69) is 44.8 Å². The molecule has 156 valence electrons. The summed E-state index contributed by atoms with van der Waals surface area (Å²) in [6.07, 6.45) is 4.82. The smallest absolute Gasteiger partial charge is 0.170 e. The van der Waals surface area contributed by atoms with Gasteiger partial charge in [-0.15, -0.1) is 0 Å². The van der Waals surface area contributed by atoms with Crippen LogP contribution in [-0.4, -0.2) is 51.6 Å². The molecule has 1 saturated heterocycles. The van der Waals surface area contributed by atoms with Crippen LogP contribution >= 0.6 is 12.2 Å². The Balaban J connectivity index is 1.73. The third-order valence-electron chi connectivity index (χ3n) is 5.39. The Morgan fingerprint density at radius 2 is 1.90 bits per heavy atom. The fourth-order valence-corrected chi connectivity index (χ4v) is 4.33. The maximum absolute atomic E-state index is 13.5. The molecular formula is C23H26FN5S. The Bertz CT molecular complexity index is 986. The van der Waals surface area contributed by atoms with Crippen LogP contribution < -0.4 is 5.32 Å². The molecule has 0 spiro atoms. The molecule has 2 atom stereocenters. The van der Waals surface area contributed by atoms with Crippen molar-refractivity contribution < 1.29 is 4.39 Å². The lowest BCUT2D eigenvalue weighted by Crippen LogP contribution is -2.32. The van der Waals surface area contributed by atoms with E-state index in [9.17, 15) is 4.39 Å². The molecule has 0 radical (unpaired) electrons. The summed E-state index contributed by atoms with van der Waals surface area (Å²) < 4.78 is 15.6. The van der Waals surface area contributed by atoms with Crippen molar-refractivity contribution in [3.8, 4) is 5.69 Å². The average Bonchev–Trinajstić information content (AvgIpc) is 3.34. The van der Waals surface area contributed by atoms with Crippen LogP contribution in [0.1, 0.15) is 29.9 Å². The first-order valence-electron chi connectivity index (χ1n) is 10.1. The molecule has 2 aromatic heterocycles.